The van der Waals surface area contributed by atoms with Crippen LogP contribution in [0.15, 0.2) is 30.3 Å². The third kappa shape index (κ3) is 4.23. The van der Waals surface area contributed by atoms with Crippen molar-refractivity contribution >= 4 is 28.2 Å². The lowest BCUT2D eigenvalue weighted by Gasteiger charge is -2.35. The van der Waals surface area contributed by atoms with Crippen LogP contribution in [0.25, 0.3) is 0 Å². The van der Waals surface area contributed by atoms with Crippen molar-refractivity contribution in [2.45, 2.75) is 52.2 Å². The topological polar surface area (TPSA) is 58.6 Å². The van der Waals surface area contributed by atoms with E-state index >= 15 is 0 Å². The molecule has 3 atom stereocenters. The number of anilines is 1. The van der Waals surface area contributed by atoms with E-state index in [9.17, 15) is 9.59 Å². The summed E-state index contributed by atoms with van der Waals surface area (Å²) in [6, 6.07) is 9.16. The number of thiophene rings is 1. The van der Waals surface area contributed by atoms with Gasteiger partial charge >= 0.3 is 0 Å². The molecule has 2 aliphatic rings. The smallest absolute Gasteiger partial charge is 0.257 e. The predicted octanol–water partition coefficient (Wildman–Crippen LogP) is 4.37. The minimum absolute atomic E-state index is 0.0135. The maximum atomic E-state index is 13.6. The molecule has 2 heterocycles. The van der Waals surface area contributed by atoms with Crippen LogP contribution >= 0.6 is 11.3 Å². The molecule has 1 aliphatic carbocycles. The van der Waals surface area contributed by atoms with Gasteiger partial charge in [0, 0.05) is 23.5 Å². The maximum Gasteiger partial charge on any atom is 0.257 e. The van der Waals surface area contributed by atoms with E-state index in [1.165, 1.54) is 4.88 Å². The number of carbonyl (C=O) groups is 2. The van der Waals surface area contributed by atoms with Crippen LogP contribution < -0.4 is 5.32 Å². The number of nitrogens with zero attached hydrogens (tertiary/aromatic N) is 1. The molecule has 29 heavy (non-hydrogen) atoms. The molecule has 0 unspecified atom stereocenters. The summed E-state index contributed by atoms with van der Waals surface area (Å²) < 4.78 is 5.80. The molecule has 1 N–H and O–H groups in total. The number of benzene rings is 1. The minimum Gasteiger partial charge on any atom is -0.372 e. The van der Waals surface area contributed by atoms with Gasteiger partial charge in [-0.2, -0.15) is 0 Å². The van der Waals surface area contributed by atoms with E-state index in [1.807, 2.05) is 36.9 Å². The molecule has 4 rings (SSSR count). The summed E-state index contributed by atoms with van der Waals surface area (Å²) in [5, 5.41) is 3.73. The normalized spacial score (nSPS) is 24.1. The highest BCUT2D eigenvalue weighted by Gasteiger charge is 2.33. The second-order valence-electron chi connectivity index (χ2n) is 8.34. The molecule has 5 nitrogen and oxygen atoms in total. The first kappa shape index (κ1) is 20.1. The van der Waals surface area contributed by atoms with E-state index in [0.29, 0.717) is 35.1 Å². The Hall–Kier alpha value is -2.18. The second-order valence-corrected chi connectivity index (χ2v) is 9.45. The Morgan fingerprint density at radius 3 is 2.48 bits per heavy atom. The van der Waals surface area contributed by atoms with Crippen molar-refractivity contribution in [3.63, 3.8) is 0 Å². The van der Waals surface area contributed by atoms with Crippen molar-refractivity contribution in [3.05, 3.63) is 51.9 Å². The predicted molar refractivity (Wildman–Crippen MR) is 116 cm³/mol. The third-order valence-corrected chi connectivity index (χ3v) is 6.87. The van der Waals surface area contributed by atoms with Crippen LogP contribution in [0.5, 0.6) is 0 Å². The zero-order valence-corrected chi connectivity index (χ0v) is 18.1. The largest absolute Gasteiger partial charge is 0.372 e. The van der Waals surface area contributed by atoms with Gasteiger partial charge in [0.25, 0.3) is 11.8 Å². The Bertz CT molecular complexity index is 898. The van der Waals surface area contributed by atoms with Gasteiger partial charge in [0.2, 0.25) is 0 Å². The lowest BCUT2D eigenvalue weighted by Crippen LogP contribution is -2.48. The van der Waals surface area contributed by atoms with Crippen molar-refractivity contribution in [1.29, 1.82) is 0 Å². The van der Waals surface area contributed by atoms with Crippen molar-refractivity contribution in [2.75, 3.05) is 18.4 Å². The van der Waals surface area contributed by atoms with Crippen LogP contribution in [0, 0.1) is 5.92 Å². The van der Waals surface area contributed by atoms with E-state index in [1.54, 1.807) is 23.5 Å². The van der Waals surface area contributed by atoms with Gasteiger partial charge in [0.1, 0.15) is 5.00 Å². The summed E-state index contributed by atoms with van der Waals surface area (Å²) in [4.78, 5) is 29.5. The third-order valence-electron chi connectivity index (χ3n) is 5.70. The number of ether oxygens (including phenoxy) is 1. The van der Waals surface area contributed by atoms with Gasteiger partial charge in [-0.25, -0.2) is 0 Å². The van der Waals surface area contributed by atoms with Gasteiger partial charge in [-0.1, -0.05) is 25.1 Å². The number of amides is 2. The zero-order valence-electron chi connectivity index (χ0n) is 17.2. The molecule has 1 aromatic heterocycles. The molecule has 2 aromatic rings. The molecule has 0 bridgehead atoms. The Morgan fingerprint density at radius 2 is 1.79 bits per heavy atom. The number of hydrogen-bond donors (Lipinski definition) is 1. The fraction of sp³-hybridized carbons (Fsp3) is 0.478. The molecular formula is C23H28N2O3S. The summed E-state index contributed by atoms with van der Waals surface area (Å²) in [6.07, 6.45) is 2.97. The molecular weight excluding hydrogens is 384 g/mol. The number of rotatable bonds is 3. The van der Waals surface area contributed by atoms with E-state index in [-0.39, 0.29) is 24.0 Å². The average molecular weight is 413 g/mol. The first-order valence-electron chi connectivity index (χ1n) is 10.4. The Kier molecular flexibility index (Phi) is 5.74. The molecule has 1 saturated heterocycles. The molecule has 154 valence electrons. The van der Waals surface area contributed by atoms with Crippen LogP contribution in [0.1, 0.15) is 58.3 Å². The van der Waals surface area contributed by atoms with Gasteiger partial charge in [-0.05, 0) is 56.7 Å². The van der Waals surface area contributed by atoms with Crippen molar-refractivity contribution in [1.82, 2.24) is 4.90 Å². The molecule has 0 saturated carbocycles. The quantitative estimate of drug-likeness (QED) is 0.814. The first-order valence-corrected chi connectivity index (χ1v) is 11.2. The molecule has 1 aliphatic heterocycles. The highest BCUT2D eigenvalue weighted by atomic mass is 32.1. The Balaban J connectivity index is 1.68. The Labute approximate surface area is 176 Å². The van der Waals surface area contributed by atoms with E-state index in [2.05, 4.69) is 12.2 Å². The van der Waals surface area contributed by atoms with Gasteiger partial charge in [0.05, 0.1) is 17.8 Å². The highest BCUT2D eigenvalue weighted by molar-refractivity contribution is 7.17. The summed E-state index contributed by atoms with van der Waals surface area (Å²) >= 11 is 1.57. The highest BCUT2D eigenvalue weighted by Crippen LogP contribution is 2.40. The number of carbonyl (C=O) groups excluding carboxylic acids is 2. The summed E-state index contributed by atoms with van der Waals surface area (Å²) in [6.45, 7) is 7.40. The van der Waals surface area contributed by atoms with Crippen LogP contribution in [-0.2, 0) is 17.6 Å². The van der Waals surface area contributed by atoms with E-state index in [0.717, 1.165) is 24.8 Å². The summed E-state index contributed by atoms with van der Waals surface area (Å²) in [5.74, 6) is 0.447. The summed E-state index contributed by atoms with van der Waals surface area (Å²) in [7, 11) is 0. The number of nitrogens with one attached hydrogen (secondary N) is 1. The number of hydrogen-bond acceptors (Lipinski definition) is 4. The fourth-order valence-corrected chi connectivity index (χ4v) is 5.73. The molecule has 1 fully saturated rings. The number of morpholine rings is 1. The molecule has 0 radical (unpaired) electrons. The van der Waals surface area contributed by atoms with Crippen LogP contribution in [0.3, 0.4) is 0 Å². The van der Waals surface area contributed by atoms with Crippen LogP contribution in [0.4, 0.5) is 5.00 Å². The minimum atomic E-state index is -0.171. The zero-order chi connectivity index (χ0) is 20.5. The van der Waals surface area contributed by atoms with Gasteiger partial charge in [-0.15, -0.1) is 11.3 Å². The average Bonchev–Trinajstić information content (AvgIpc) is 3.04. The fourth-order valence-electron chi connectivity index (χ4n) is 4.33. The van der Waals surface area contributed by atoms with E-state index < -0.39 is 0 Å². The van der Waals surface area contributed by atoms with E-state index in [4.69, 9.17) is 4.74 Å². The molecule has 1 aromatic carbocycles. The monoisotopic (exact) mass is 412 g/mol. The lowest BCUT2D eigenvalue weighted by molar-refractivity contribution is -0.0586. The first-order chi connectivity index (χ1) is 13.9. The standard InChI is InChI=1S/C23H28N2O3S/c1-14-9-10-18-19(11-14)29-22(24-21(26)17-7-5-4-6-8-17)20(18)23(27)25-12-15(2)28-16(3)13-25/h4-8,14-16H,9-13H2,1-3H3,(H,24,26)/t14-,15+,16+/m0/s1. The van der Waals surface area contributed by atoms with Gasteiger partial charge in [-0.3, -0.25) is 9.59 Å². The summed E-state index contributed by atoms with van der Waals surface area (Å²) in [5.41, 5.74) is 2.43. The van der Waals surface area contributed by atoms with Crippen molar-refractivity contribution < 1.29 is 14.3 Å². The van der Waals surface area contributed by atoms with Crippen LogP contribution in [-0.4, -0.2) is 42.0 Å². The Morgan fingerprint density at radius 1 is 1.10 bits per heavy atom. The van der Waals surface area contributed by atoms with Gasteiger partial charge in [0.15, 0.2) is 0 Å². The van der Waals surface area contributed by atoms with Crippen LogP contribution in [0.2, 0.25) is 0 Å². The lowest BCUT2D eigenvalue weighted by atomic mass is 9.88. The molecule has 2 amide bonds. The second kappa shape index (κ2) is 8.28. The maximum absolute atomic E-state index is 13.6. The van der Waals surface area contributed by atoms with Gasteiger partial charge < -0.3 is 15.0 Å². The van der Waals surface area contributed by atoms with Crippen molar-refractivity contribution in [2.24, 2.45) is 5.92 Å². The SMILES string of the molecule is C[C@H]1CCc2c(sc(NC(=O)c3ccccc3)c2C(=O)N2C[C@@H](C)O[C@H](C)C2)C1. The molecule has 6 heteroatoms. The van der Waals surface area contributed by atoms with Crippen molar-refractivity contribution in [3.8, 4) is 0 Å². The molecule has 0 spiro atoms. The number of fused-ring (bicyclic) bond motifs is 1.